The Bertz CT molecular complexity index is 593. The van der Waals surface area contributed by atoms with Crippen LogP contribution in [0.4, 0.5) is 4.39 Å². The summed E-state index contributed by atoms with van der Waals surface area (Å²) in [7, 11) is 0. The SMILES string of the molecule is Cc1ncccc1C(=O)N1CCC(F)(C(=O)NC2CC2)CC1. The van der Waals surface area contributed by atoms with Crippen LogP contribution in [0.3, 0.4) is 0 Å². The highest BCUT2D eigenvalue weighted by molar-refractivity contribution is 5.95. The van der Waals surface area contributed by atoms with Gasteiger partial charge in [-0.2, -0.15) is 0 Å². The Balaban J connectivity index is 1.62. The van der Waals surface area contributed by atoms with E-state index in [9.17, 15) is 14.0 Å². The molecule has 118 valence electrons. The molecule has 0 radical (unpaired) electrons. The fourth-order valence-electron chi connectivity index (χ4n) is 2.71. The summed E-state index contributed by atoms with van der Waals surface area (Å²) in [5.74, 6) is -0.657. The fourth-order valence-corrected chi connectivity index (χ4v) is 2.71. The summed E-state index contributed by atoms with van der Waals surface area (Å²) >= 11 is 0. The Kier molecular flexibility index (Phi) is 3.85. The van der Waals surface area contributed by atoms with Crippen LogP contribution < -0.4 is 5.32 Å². The molecule has 1 aromatic heterocycles. The van der Waals surface area contributed by atoms with Crippen molar-refractivity contribution in [2.75, 3.05) is 13.1 Å². The Morgan fingerprint density at radius 3 is 2.64 bits per heavy atom. The third-order valence-corrected chi connectivity index (χ3v) is 4.40. The molecule has 0 unspecified atom stereocenters. The zero-order valence-corrected chi connectivity index (χ0v) is 12.6. The van der Waals surface area contributed by atoms with Gasteiger partial charge in [0.05, 0.1) is 5.56 Å². The van der Waals surface area contributed by atoms with E-state index in [0.717, 1.165) is 12.8 Å². The van der Waals surface area contributed by atoms with Gasteiger partial charge in [0, 0.05) is 43.9 Å². The zero-order valence-electron chi connectivity index (χ0n) is 12.6. The molecule has 5 nitrogen and oxygen atoms in total. The first-order valence-electron chi connectivity index (χ1n) is 7.70. The number of nitrogens with one attached hydrogen (secondary N) is 1. The molecular weight excluding hydrogens is 285 g/mol. The minimum absolute atomic E-state index is 0.0522. The summed E-state index contributed by atoms with van der Waals surface area (Å²) in [6.45, 7) is 2.28. The molecular formula is C16H20FN3O2. The van der Waals surface area contributed by atoms with Crippen molar-refractivity contribution < 1.29 is 14.0 Å². The van der Waals surface area contributed by atoms with E-state index in [2.05, 4.69) is 10.3 Å². The summed E-state index contributed by atoms with van der Waals surface area (Å²) in [4.78, 5) is 30.1. The molecule has 2 heterocycles. The molecule has 0 atom stereocenters. The molecule has 22 heavy (non-hydrogen) atoms. The molecule has 1 saturated heterocycles. The van der Waals surface area contributed by atoms with Gasteiger partial charge in [0.25, 0.3) is 11.8 Å². The van der Waals surface area contributed by atoms with Crippen LogP contribution in [0.25, 0.3) is 0 Å². The summed E-state index contributed by atoms with van der Waals surface area (Å²) in [6, 6.07) is 3.59. The summed E-state index contributed by atoms with van der Waals surface area (Å²) in [6.07, 6.45) is 3.61. The average Bonchev–Trinajstić information content (AvgIpc) is 3.32. The number of likely N-dealkylation sites (tertiary alicyclic amines) is 1. The van der Waals surface area contributed by atoms with E-state index in [1.807, 2.05) is 0 Å². The predicted molar refractivity (Wildman–Crippen MR) is 79.1 cm³/mol. The lowest BCUT2D eigenvalue weighted by Gasteiger charge is -2.35. The lowest BCUT2D eigenvalue weighted by Crippen LogP contribution is -2.52. The van der Waals surface area contributed by atoms with E-state index in [1.54, 1.807) is 30.2 Å². The zero-order chi connectivity index (χ0) is 15.7. The number of piperidine rings is 1. The number of amides is 2. The molecule has 1 aliphatic carbocycles. The molecule has 2 aliphatic rings. The first kappa shape index (κ1) is 14.9. The van der Waals surface area contributed by atoms with Gasteiger partial charge in [-0.15, -0.1) is 0 Å². The van der Waals surface area contributed by atoms with Gasteiger partial charge in [0.1, 0.15) is 0 Å². The smallest absolute Gasteiger partial charge is 0.258 e. The van der Waals surface area contributed by atoms with Gasteiger partial charge in [0.2, 0.25) is 0 Å². The number of aromatic nitrogens is 1. The van der Waals surface area contributed by atoms with Gasteiger partial charge >= 0.3 is 0 Å². The van der Waals surface area contributed by atoms with Crippen molar-refractivity contribution >= 4 is 11.8 Å². The topological polar surface area (TPSA) is 62.3 Å². The molecule has 1 saturated carbocycles. The van der Waals surface area contributed by atoms with E-state index in [0.29, 0.717) is 11.3 Å². The third kappa shape index (κ3) is 2.96. The molecule has 0 aromatic carbocycles. The average molecular weight is 305 g/mol. The number of alkyl halides is 1. The van der Waals surface area contributed by atoms with Crippen molar-refractivity contribution in [3.63, 3.8) is 0 Å². The lowest BCUT2D eigenvalue weighted by molar-refractivity contribution is -0.135. The minimum Gasteiger partial charge on any atom is -0.351 e. The number of aryl methyl sites for hydroxylation is 1. The number of nitrogens with zero attached hydrogens (tertiary/aromatic N) is 2. The normalized spacial score (nSPS) is 20.5. The number of carbonyl (C=O) groups is 2. The van der Waals surface area contributed by atoms with Gasteiger partial charge in [-0.1, -0.05) is 0 Å². The highest BCUT2D eigenvalue weighted by Crippen LogP contribution is 2.29. The second-order valence-electron chi connectivity index (χ2n) is 6.14. The van der Waals surface area contributed by atoms with Crippen LogP contribution in [0.15, 0.2) is 18.3 Å². The number of hydrogen-bond acceptors (Lipinski definition) is 3. The van der Waals surface area contributed by atoms with E-state index in [4.69, 9.17) is 0 Å². The first-order chi connectivity index (χ1) is 10.5. The quantitative estimate of drug-likeness (QED) is 0.923. The molecule has 0 bridgehead atoms. The summed E-state index contributed by atoms with van der Waals surface area (Å²) in [5, 5.41) is 2.72. The predicted octanol–water partition coefficient (Wildman–Crippen LogP) is 1.61. The number of halogens is 1. The maximum absolute atomic E-state index is 14.7. The molecule has 6 heteroatoms. The molecule has 2 fully saturated rings. The monoisotopic (exact) mass is 305 g/mol. The van der Waals surface area contributed by atoms with Gasteiger partial charge in [0.15, 0.2) is 5.67 Å². The highest BCUT2D eigenvalue weighted by Gasteiger charge is 2.44. The number of hydrogen-bond donors (Lipinski definition) is 1. The number of pyridine rings is 1. The van der Waals surface area contributed by atoms with Crippen molar-refractivity contribution in [1.29, 1.82) is 0 Å². The van der Waals surface area contributed by atoms with Crippen LogP contribution in [0.5, 0.6) is 0 Å². The van der Waals surface area contributed by atoms with Gasteiger partial charge in [-0.25, -0.2) is 4.39 Å². The Morgan fingerprint density at radius 1 is 1.36 bits per heavy atom. The van der Waals surface area contributed by atoms with Crippen LogP contribution in [0, 0.1) is 6.92 Å². The van der Waals surface area contributed by atoms with E-state index in [1.165, 1.54) is 0 Å². The largest absolute Gasteiger partial charge is 0.351 e. The molecule has 1 aliphatic heterocycles. The van der Waals surface area contributed by atoms with Crippen molar-refractivity contribution in [2.24, 2.45) is 0 Å². The molecule has 0 spiro atoms. The highest BCUT2D eigenvalue weighted by atomic mass is 19.1. The third-order valence-electron chi connectivity index (χ3n) is 4.40. The number of carbonyl (C=O) groups excluding carboxylic acids is 2. The summed E-state index contributed by atoms with van der Waals surface area (Å²) < 4.78 is 14.7. The van der Waals surface area contributed by atoms with Gasteiger partial charge in [-0.3, -0.25) is 14.6 Å². The Labute approximate surface area is 128 Å². The second kappa shape index (κ2) is 5.66. The maximum Gasteiger partial charge on any atom is 0.258 e. The van der Waals surface area contributed by atoms with Crippen LogP contribution in [0.1, 0.15) is 41.7 Å². The molecule has 1 aromatic rings. The van der Waals surface area contributed by atoms with Gasteiger partial charge < -0.3 is 10.2 Å². The molecule has 3 rings (SSSR count). The Hall–Kier alpha value is -1.98. The standard InChI is InChI=1S/C16H20FN3O2/c1-11-13(3-2-8-18-11)14(21)20-9-6-16(17,7-10-20)15(22)19-12-4-5-12/h2-3,8,12H,4-7,9-10H2,1H3,(H,19,22). The fraction of sp³-hybridized carbons (Fsp3) is 0.562. The van der Waals surface area contributed by atoms with Crippen molar-refractivity contribution in [3.05, 3.63) is 29.6 Å². The van der Waals surface area contributed by atoms with Crippen LogP contribution in [0.2, 0.25) is 0 Å². The minimum atomic E-state index is -1.84. The maximum atomic E-state index is 14.7. The number of rotatable bonds is 3. The molecule has 1 N–H and O–H groups in total. The second-order valence-corrected chi connectivity index (χ2v) is 6.14. The van der Waals surface area contributed by atoms with Crippen LogP contribution in [-0.4, -0.2) is 46.5 Å². The van der Waals surface area contributed by atoms with Crippen molar-refractivity contribution in [2.45, 2.75) is 44.3 Å². The Morgan fingerprint density at radius 2 is 2.05 bits per heavy atom. The van der Waals surface area contributed by atoms with E-state index < -0.39 is 11.6 Å². The van der Waals surface area contributed by atoms with Crippen LogP contribution in [-0.2, 0) is 4.79 Å². The summed E-state index contributed by atoms with van der Waals surface area (Å²) in [5.41, 5.74) is -0.643. The van der Waals surface area contributed by atoms with Crippen molar-refractivity contribution in [1.82, 2.24) is 15.2 Å². The lowest BCUT2D eigenvalue weighted by atomic mass is 9.92. The van der Waals surface area contributed by atoms with E-state index in [-0.39, 0.29) is 37.9 Å². The molecule has 2 amide bonds. The van der Waals surface area contributed by atoms with E-state index >= 15 is 0 Å². The van der Waals surface area contributed by atoms with Crippen molar-refractivity contribution in [3.8, 4) is 0 Å². The first-order valence-corrected chi connectivity index (χ1v) is 7.70. The van der Waals surface area contributed by atoms with Gasteiger partial charge in [-0.05, 0) is 31.9 Å². The van der Waals surface area contributed by atoms with Crippen LogP contribution >= 0.6 is 0 Å².